The normalized spacial score (nSPS) is 14.0. The molecular formula is C38H33F2N7O2S2. The molecule has 5 heterocycles. The zero-order valence-corrected chi connectivity index (χ0v) is 29.1. The number of nitrogens with one attached hydrogen (secondary N) is 1. The number of aromatic nitrogens is 5. The molecule has 1 amide bonds. The number of nitrogens with zero attached hydrogens (tertiary/aromatic N) is 5. The highest BCUT2D eigenvalue weighted by Crippen LogP contribution is 2.39. The van der Waals surface area contributed by atoms with E-state index < -0.39 is 23.1 Å². The first kappa shape index (κ1) is 34.2. The minimum absolute atomic E-state index is 0.272. The van der Waals surface area contributed by atoms with Gasteiger partial charge in [0.25, 0.3) is 5.91 Å². The lowest BCUT2D eigenvalue weighted by molar-refractivity contribution is 0.0970. The van der Waals surface area contributed by atoms with Crippen LogP contribution < -0.4 is 11.1 Å². The molecule has 51 heavy (non-hydrogen) atoms. The van der Waals surface area contributed by atoms with Crippen molar-refractivity contribution in [1.29, 1.82) is 0 Å². The van der Waals surface area contributed by atoms with Crippen LogP contribution in [0.2, 0.25) is 0 Å². The van der Waals surface area contributed by atoms with Gasteiger partial charge in [-0.1, -0.05) is 28.7 Å². The lowest BCUT2D eigenvalue weighted by Crippen LogP contribution is -2.15. The monoisotopic (exact) mass is 721 g/mol. The number of thiazole rings is 2. The number of rotatable bonds is 2. The third-order valence-corrected chi connectivity index (χ3v) is 10.9. The van der Waals surface area contributed by atoms with Gasteiger partial charge < -0.3 is 5.73 Å². The summed E-state index contributed by atoms with van der Waals surface area (Å²) >= 11 is 2.90. The van der Waals surface area contributed by atoms with E-state index in [9.17, 15) is 18.4 Å². The molecular weight excluding hydrogens is 689 g/mol. The van der Waals surface area contributed by atoms with Crippen molar-refractivity contribution in [1.82, 2.24) is 24.9 Å². The number of pyridine rings is 3. The number of fused-ring (bicyclic) bond motifs is 7. The number of benzene rings is 1. The van der Waals surface area contributed by atoms with Gasteiger partial charge >= 0.3 is 0 Å². The number of ketones is 1. The third-order valence-electron chi connectivity index (χ3n) is 8.89. The average Bonchev–Trinajstić information content (AvgIpc) is 3.60. The van der Waals surface area contributed by atoms with Crippen molar-refractivity contribution in [3.8, 4) is 20.9 Å². The zero-order valence-electron chi connectivity index (χ0n) is 27.5. The molecule has 0 aliphatic heterocycles. The van der Waals surface area contributed by atoms with Gasteiger partial charge in [0.15, 0.2) is 16.0 Å². The van der Waals surface area contributed by atoms with Crippen molar-refractivity contribution < 1.29 is 18.4 Å². The number of amides is 1. The van der Waals surface area contributed by atoms with E-state index in [-0.39, 0.29) is 5.78 Å². The largest absolute Gasteiger partial charge is 0.375 e. The quantitative estimate of drug-likeness (QED) is 0.183. The van der Waals surface area contributed by atoms with E-state index in [4.69, 9.17) is 5.73 Å². The van der Waals surface area contributed by atoms with E-state index in [2.05, 4.69) is 36.3 Å². The minimum atomic E-state index is -0.896. The molecule has 0 fully saturated rings. The second-order valence-corrected chi connectivity index (χ2v) is 14.3. The number of aryl methyl sites for hydroxylation is 5. The number of Topliss-reactive ketones (excluding diaryl/α,β-unsaturated/α-hetero) is 1. The molecule has 6 aromatic rings. The first-order chi connectivity index (χ1) is 24.9. The predicted octanol–water partition coefficient (Wildman–Crippen LogP) is 8.10. The first-order valence-electron chi connectivity index (χ1n) is 16.7. The maximum atomic E-state index is 13.8. The molecule has 0 radical (unpaired) electrons. The summed E-state index contributed by atoms with van der Waals surface area (Å²) in [4.78, 5) is 46.9. The summed E-state index contributed by atoms with van der Waals surface area (Å²) in [5.74, 6) is -2.36. The molecule has 0 spiro atoms. The molecule has 9 rings (SSSR count). The highest BCUT2D eigenvalue weighted by atomic mass is 32.1. The summed E-state index contributed by atoms with van der Waals surface area (Å²) in [7, 11) is 0. The van der Waals surface area contributed by atoms with Crippen LogP contribution in [0.15, 0.2) is 73.6 Å². The van der Waals surface area contributed by atoms with Gasteiger partial charge in [-0.3, -0.25) is 29.9 Å². The van der Waals surface area contributed by atoms with E-state index in [0.29, 0.717) is 16.7 Å². The van der Waals surface area contributed by atoms with Crippen molar-refractivity contribution in [2.75, 3.05) is 11.1 Å². The van der Waals surface area contributed by atoms with Crippen LogP contribution in [0.25, 0.3) is 20.9 Å². The molecule has 9 nitrogen and oxygen atoms in total. The van der Waals surface area contributed by atoms with Gasteiger partial charge in [-0.15, -0.1) is 0 Å². The molecule has 0 atom stereocenters. The summed E-state index contributed by atoms with van der Waals surface area (Å²) < 4.78 is 27.5. The van der Waals surface area contributed by atoms with Gasteiger partial charge in [-0.05, 0) is 110 Å². The van der Waals surface area contributed by atoms with Crippen LogP contribution in [0, 0.1) is 11.6 Å². The highest BCUT2D eigenvalue weighted by Gasteiger charge is 2.23. The summed E-state index contributed by atoms with van der Waals surface area (Å²) in [6.07, 6.45) is 19.4. The van der Waals surface area contributed by atoms with Crippen LogP contribution >= 0.6 is 22.7 Å². The van der Waals surface area contributed by atoms with Crippen molar-refractivity contribution >= 4 is 44.6 Å². The van der Waals surface area contributed by atoms with Gasteiger partial charge in [-0.2, -0.15) is 0 Å². The Labute approximate surface area is 301 Å². The van der Waals surface area contributed by atoms with Crippen LogP contribution in [-0.2, 0) is 32.1 Å². The van der Waals surface area contributed by atoms with Gasteiger partial charge in [0.05, 0.1) is 21.1 Å². The number of nitrogen functional groups attached to an aromatic ring is 1. The maximum absolute atomic E-state index is 13.8. The van der Waals surface area contributed by atoms with E-state index in [1.807, 2.05) is 30.7 Å². The van der Waals surface area contributed by atoms with Gasteiger partial charge in [0, 0.05) is 49.2 Å². The van der Waals surface area contributed by atoms with E-state index in [1.54, 1.807) is 29.9 Å². The van der Waals surface area contributed by atoms with E-state index >= 15 is 0 Å². The Kier molecular flexibility index (Phi) is 10.3. The molecule has 5 aromatic heterocycles. The number of nitrogens with two attached hydrogens (primary N) is 1. The van der Waals surface area contributed by atoms with Crippen LogP contribution in [0.3, 0.4) is 0 Å². The fourth-order valence-corrected chi connectivity index (χ4v) is 8.48. The smallest absolute Gasteiger partial charge is 0.263 e. The van der Waals surface area contributed by atoms with Crippen molar-refractivity contribution in [2.24, 2.45) is 0 Å². The Morgan fingerprint density at radius 2 is 1.18 bits per heavy atom. The Balaban J connectivity index is 0.000000132. The Hall–Kier alpha value is -5.27. The molecule has 3 aliphatic rings. The molecule has 13 heteroatoms. The number of hydrogen-bond acceptors (Lipinski definition) is 10. The molecule has 258 valence electrons. The molecule has 0 saturated heterocycles. The predicted molar refractivity (Wildman–Crippen MR) is 195 cm³/mol. The maximum Gasteiger partial charge on any atom is 0.263 e. The number of hydrogen-bond donors (Lipinski definition) is 2. The second kappa shape index (κ2) is 15.3. The molecule has 3 N–H and O–H groups in total. The van der Waals surface area contributed by atoms with Crippen molar-refractivity contribution in [3.63, 3.8) is 0 Å². The Morgan fingerprint density at radius 3 is 1.76 bits per heavy atom. The van der Waals surface area contributed by atoms with Crippen molar-refractivity contribution in [3.05, 3.63) is 124 Å². The average molecular weight is 722 g/mol. The fourth-order valence-electron chi connectivity index (χ4n) is 6.47. The standard InChI is InChI=1S/C18H13F2N3OS.C11H11N3S.C9H9NO/c19-12-4-2-5-13(20)15(12)17(24)23-18-22-14-6-1-3-10-9-21-8-7-11(10)16(14)25-18;12-11-14-9-3-1-2-7-6-13-5-4-8(7)10(9)15-11;11-9-3-1-2-7-6-10-5-4-8(7)9/h2,4-5,7-9H,1,3,6H2,(H,22,23,24);4-6H,1-3H2,(H2,12,14);4-6H,1-3H2. The van der Waals surface area contributed by atoms with Crippen molar-refractivity contribution in [2.45, 2.75) is 57.8 Å². The highest BCUT2D eigenvalue weighted by molar-refractivity contribution is 7.19. The van der Waals surface area contributed by atoms with Crippen LogP contribution in [0.5, 0.6) is 0 Å². The van der Waals surface area contributed by atoms with Crippen LogP contribution in [0.1, 0.15) is 74.5 Å². The summed E-state index contributed by atoms with van der Waals surface area (Å²) in [6, 6.07) is 9.14. The molecule has 3 aliphatic carbocycles. The number of halogens is 2. The topological polar surface area (TPSA) is 137 Å². The second-order valence-electron chi connectivity index (χ2n) is 12.3. The molecule has 1 aromatic carbocycles. The summed E-state index contributed by atoms with van der Waals surface area (Å²) in [6.45, 7) is 0. The van der Waals surface area contributed by atoms with Gasteiger partial charge in [-0.25, -0.2) is 18.7 Å². The van der Waals surface area contributed by atoms with Crippen LogP contribution in [0.4, 0.5) is 19.0 Å². The number of carbonyl (C=O) groups is 2. The fraction of sp³-hybridized carbons (Fsp3) is 0.237. The summed E-state index contributed by atoms with van der Waals surface area (Å²) in [5, 5.41) is 3.53. The molecule has 0 bridgehead atoms. The van der Waals surface area contributed by atoms with E-state index in [0.717, 1.165) is 102 Å². The number of anilines is 2. The minimum Gasteiger partial charge on any atom is -0.375 e. The molecule has 0 saturated carbocycles. The zero-order chi connectivity index (χ0) is 35.3. The Morgan fingerprint density at radius 1 is 0.667 bits per heavy atom. The third kappa shape index (κ3) is 7.59. The van der Waals surface area contributed by atoms with Gasteiger partial charge in [0.2, 0.25) is 0 Å². The lowest BCUT2D eigenvalue weighted by Gasteiger charge is -2.12. The first-order valence-corrected chi connectivity index (χ1v) is 18.3. The SMILES string of the molecule is Nc1nc2c(s1)-c1ccncc1CCC2.O=C(Nc1nc2c(s1)-c1ccncc1CCC2)c1c(F)cccc1F.O=C1CCCc2cnccc21. The van der Waals surface area contributed by atoms with Gasteiger partial charge in [0.1, 0.15) is 17.2 Å². The summed E-state index contributed by atoms with van der Waals surface area (Å²) in [5.41, 5.74) is 14.0. The lowest BCUT2D eigenvalue weighted by atomic mass is 9.93. The number of carbonyl (C=O) groups excluding carboxylic acids is 2. The Bertz CT molecular complexity index is 2220. The van der Waals surface area contributed by atoms with Crippen LogP contribution in [-0.4, -0.2) is 36.6 Å². The molecule has 0 unspecified atom stereocenters. The van der Waals surface area contributed by atoms with E-state index in [1.165, 1.54) is 33.4 Å².